The van der Waals surface area contributed by atoms with Crippen LogP contribution in [-0.4, -0.2) is 9.97 Å². The summed E-state index contributed by atoms with van der Waals surface area (Å²) in [5.41, 5.74) is 11.7. The van der Waals surface area contributed by atoms with Crippen molar-refractivity contribution in [2.45, 2.75) is 44.6 Å². The van der Waals surface area contributed by atoms with Crippen molar-refractivity contribution < 1.29 is 0 Å². The summed E-state index contributed by atoms with van der Waals surface area (Å²) >= 11 is 6.37. The second kappa shape index (κ2) is 8.29. The Morgan fingerprint density at radius 3 is 2.57 bits per heavy atom. The van der Waals surface area contributed by atoms with E-state index in [1.165, 1.54) is 24.0 Å². The van der Waals surface area contributed by atoms with E-state index >= 15 is 0 Å². The Hall–Kier alpha value is -2.43. The number of hydrogen-bond donors (Lipinski definition) is 2. The van der Waals surface area contributed by atoms with Gasteiger partial charge in [-0.05, 0) is 67.3 Å². The Bertz CT molecular complexity index is 949. The zero-order valence-electron chi connectivity index (χ0n) is 16.0. The van der Waals surface area contributed by atoms with Crippen LogP contribution in [-0.2, 0) is 12.8 Å². The van der Waals surface area contributed by atoms with E-state index in [4.69, 9.17) is 17.3 Å². The normalized spacial score (nSPS) is 14.7. The first-order valence-electron chi connectivity index (χ1n) is 9.82. The van der Waals surface area contributed by atoms with Crippen LogP contribution >= 0.6 is 11.6 Å². The van der Waals surface area contributed by atoms with Gasteiger partial charge in [0.1, 0.15) is 0 Å². The van der Waals surface area contributed by atoms with Crippen molar-refractivity contribution >= 4 is 23.2 Å². The van der Waals surface area contributed by atoms with E-state index in [0.29, 0.717) is 11.0 Å². The van der Waals surface area contributed by atoms with Crippen molar-refractivity contribution in [3.63, 3.8) is 0 Å². The summed E-state index contributed by atoms with van der Waals surface area (Å²) in [7, 11) is 0. The molecule has 1 unspecified atom stereocenters. The molecule has 0 radical (unpaired) electrons. The van der Waals surface area contributed by atoms with Gasteiger partial charge in [-0.15, -0.1) is 0 Å². The van der Waals surface area contributed by atoms with Gasteiger partial charge in [-0.25, -0.2) is 9.97 Å². The number of nitrogens with one attached hydrogen (secondary N) is 1. The van der Waals surface area contributed by atoms with Gasteiger partial charge in [-0.1, -0.05) is 48.0 Å². The molecule has 0 amide bonds. The SMILES string of the molecule is CC(N)c1ccc(Nc2ncc(Cl)c(CCc3ccccc3C3CC3)n2)cc1. The number of aryl methyl sites for hydroxylation is 2. The van der Waals surface area contributed by atoms with Crippen LogP contribution in [0.5, 0.6) is 0 Å². The summed E-state index contributed by atoms with van der Waals surface area (Å²) < 4.78 is 0. The fourth-order valence-corrected chi connectivity index (χ4v) is 3.63. The molecule has 4 rings (SSSR count). The lowest BCUT2D eigenvalue weighted by Crippen LogP contribution is -2.05. The number of halogens is 1. The van der Waals surface area contributed by atoms with Crippen molar-refractivity contribution in [3.8, 4) is 0 Å². The number of nitrogens with zero attached hydrogens (tertiary/aromatic N) is 2. The molecular formula is C23H25ClN4. The molecule has 1 atom stereocenters. The largest absolute Gasteiger partial charge is 0.324 e. The molecule has 1 fully saturated rings. The first kappa shape index (κ1) is 18.9. The number of rotatable bonds is 7. The zero-order valence-corrected chi connectivity index (χ0v) is 16.8. The number of aromatic nitrogens is 2. The number of benzene rings is 2. The van der Waals surface area contributed by atoms with E-state index in [0.717, 1.165) is 35.7 Å². The van der Waals surface area contributed by atoms with Crippen LogP contribution in [0.25, 0.3) is 0 Å². The summed E-state index contributed by atoms with van der Waals surface area (Å²) in [4.78, 5) is 8.98. The lowest BCUT2D eigenvalue weighted by molar-refractivity contribution is 0.818. The minimum absolute atomic E-state index is 0.0194. The Morgan fingerprint density at radius 1 is 1.11 bits per heavy atom. The van der Waals surface area contributed by atoms with Crippen LogP contribution in [0.3, 0.4) is 0 Å². The van der Waals surface area contributed by atoms with Gasteiger partial charge in [-0.3, -0.25) is 0 Å². The average Bonchev–Trinajstić information content (AvgIpc) is 3.54. The third-order valence-electron chi connectivity index (χ3n) is 5.21. The molecule has 1 saturated carbocycles. The summed E-state index contributed by atoms with van der Waals surface area (Å²) in [6, 6.07) is 16.7. The molecule has 0 spiro atoms. The Labute approximate surface area is 171 Å². The maximum absolute atomic E-state index is 6.37. The molecule has 1 aromatic heterocycles. The lowest BCUT2D eigenvalue weighted by Gasteiger charge is -2.11. The highest BCUT2D eigenvalue weighted by Gasteiger charge is 2.25. The van der Waals surface area contributed by atoms with Crippen molar-refractivity contribution in [2.75, 3.05) is 5.32 Å². The zero-order chi connectivity index (χ0) is 19.5. The van der Waals surface area contributed by atoms with Crippen LogP contribution in [0.1, 0.15) is 54.1 Å². The monoisotopic (exact) mass is 392 g/mol. The summed E-state index contributed by atoms with van der Waals surface area (Å²) in [6.07, 6.45) is 6.02. The molecule has 28 heavy (non-hydrogen) atoms. The van der Waals surface area contributed by atoms with Crippen LogP contribution in [0.4, 0.5) is 11.6 Å². The van der Waals surface area contributed by atoms with Gasteiger partial charge in [0.15, 0.2) is 0 Å². The Morgan fingerprint density at radius 2 is 1.86 bits per heavy atom. The standard InChI is InChI=1S/C23H25ClN4/c1-15(25)16-8-11-19(12-9-16)27-23-26-14-21(24)22(28-23)13-10-17-4-2-3-5-20(17)18-6-7-18/h2-5,8-9,11-12,14-15,18H,6-7,10,13,25H2,1H3,(H,26,27,28). The highest BCUT2D eigenvalue weighted by atomic mass is 35.5. The molecule has 0 saturated heterocycles. The van der Waals surface area contributed by atoms with Gasteiger partial charge >= 0.3 is 0 Å². The molecule has 144 valence electrons. The van der Waals surface area contributed by atoms with E-state index < -0.39 is 0 Å². The van der Waals surface area contributed by atoms with Crippen LogP contribution in [0.15, 0.2) is 54.7 Å². The second-order valence-corrected chi connectivity index (χ2v) is 7.90. The highest BCUT2D eigenvalue weighted by Crippen LogP contribution is 2.41. The van der Waals surface area contributed by atoms with Crippen molar-refractivity contribution in [1.29, 1.82) is 0 Å². The number of hydrogen-bond acceptors (Lipinski definition) is 4. The fraction of sp³-hybridized carbons (Fsp3) is 0.304. The van der Waals surface area contributed by atoms with E-state index in [1.54, 1.807) is 6.20 Å². The van der Waals surface area contributed by atoms with Crippen LogP contribution < -0.4 is 11.1 Å². The van der Waals surface area contributed by atoms with Gasteiger partial charge in [-0.2, -0.15) is 0 Å². The maximum Gasteiger partial charge on any atom is 0.227 e. The van der Waals surface area contributed by atoms with E-state index in [2.05, 4.69) is 39.6 Å². The third-order valence-corrected chi connectivity index (χ3v) is 5.53. The van der Waals surface area contributed by atoms with Gasteiger partial charge in [0.05, 0.1) is 16.9 Å². The third kappa shape index (κ3) is 4.51. The highest BCUT2D eigenvalue weighted by molar-refractivity contribution is 6.31. The molecule has 0 aliphatic heterocycles. The fourth-order valence-electron chi connectivity index (χ4n) is 3.44. The molecule has 5 heteroatoms. The molecule has 1 heterocycles. The van der Waals surface area contributed by atoms with Gasteiger partial charge in [0.25, 0.3) is 0 Å². The smallest absolute Gasteiger partial charge is 0.227 e. The first-order valence-corrected chi connectivity index (χ1v) is 10.2. The van der Waals surface area contributed by atoms with E-state index in [1.807, 2.05) is 31.2 Å². The minimum atomic E-state index is 0.0194. The second-order valence-electron chi connectivity index (χ2n) is 7.50. The predicted molar refractivity (Wildman–Crippen MR) is 115 cm³/mol. The average molecular weight is 393 g/mol. The minimum Gasteiger partial charge on any atom is -0.324 e. The molecule has 1 aliphatic rings. The van der Waals surface area contributed by atoms with Crippen LogP contribution in [0.2, 0.25) is 5.02 Å². The molecule has 3 N–H and O–H groups in total. The number of anilines is 2. The molecule has 4 nitrogen and oxygen atoms in total. The molecule has 2 aromatic carbocycles. The number of nitrogens with two attached hydrogens (primary N) is 1. The Kier molecular flexibility index (Phi) is 5.60. The van der Waals surface area contributed by atoms with Crippen molar-refractivity contribution in [3.05, 3.63) is 82.1 Å². The molecule has 1 aliphatic carbocycles. The topological polar surface area (TPSA) is 63.8 Å². The van der Waals surface area contributed by atoms with Crippen molar-refractivity contribution in [2.24, 2.45) is 5.73 Å². The summed E-state index contributed by atoms with van der Waals surface area (Å²) in [5.74, 6) is 1.30. The predicted octanol–water partition coefficient (Wildman–Crippen LogP) is 5.56. The van der Waals surface area contributed by atoms with Gasteiger partial charge in [0.2, 0.25) is 5.95 Å². The quantitative estimate of drug-likeness (QED) is 0.552. The summed E-state index contributed by atoms with van der Waals surface area (Å²) in [6.45, 7) is 1.97. The molecular weight excluding hydrogens is 368 g/mol. The van der Waals surface area contributed by atoms with Crippen LogP contribution in [0, 0.1) is 0 Å². The van der Waals surface area contributed by atoms with Crippen molar-refractivity contribution in [1.82, 2.24) is 9.97 Å². The molecule has 0 bridgehead atoms. The van der Waals surface area contributed by atoms with E-state index in [9.17, 15) is 0 Å². The van der Waals surface area contributed by atoms with Gasteiger partial charge in [0, 0.05) is 11.7 Å². The maximum atomic E-state index is 6.37. The van der Waals surface area contributed by atoms with E-state index in [-0.39, 0.29) is 6.04 Å². The van der Waals surface area contributed by atoms with Gasteiger partial charge < -0.3 is 11.1 Å². The lowest BCUT2D eigenvalue weighted by atomic mass is 9.98. The first-order chi connectivity index (χ1) is 13.6. The summed E-state index contributed by atoms with van der Waals surface area (Å²) in [5, 5.41) is 3.87. The molecule has 3 aromatic rings. The Balaban J connectivity index is 1.46.